The van der Waals surface area contributed by atoms with Gasteiger partial charge in [0, 0.05) is 17.3 Å². The first kappa shape index (κ1) is 27.2. The summed E-state index contributed by atoms with van der Waals surface area (Å²) in [5.41, 5.74) is 13.3. The number of carbonyl (C=O) groups is 4. The second-order valence-corrected chi connectivity index (χ2v) is 9.25. The Morgan fingerprint density at radius 2 is 1.87 bits per heavy atom. The van der Waals surface area contributed by atoms with Crippen LogP contribution in [-0.2, 0) is 14.3 Å². The van der Waals surface area contributed by atoms with Crippen LogP contribution in [0.25, 0.3) is 10.9 Å². The number of amides is 3. The monoisotopic (exact) mass is 546 g/mol. The number of esters is 1. The summed E-state index contributed by atoms with van der Waals surface area (Å²) in [6.45, 7) is 3.20. The van der Waals surface area contributed by atoms with Crippen molar-refractivity contribution in [2.45, 2.75) is 19.9 Å². The number of hydrogen-bond donors (Lipinski definition) is 3. The third kappa shape index (κ3) is 5.70. The number of nitrogens with one attached hydrogen (secondary N) is 1. The molecule has 1 atom stereocenters. The van der Waals surface area contributed by atoms with Gasteiger partial charge < -0.3 is 21.5 Å². The highest BCUT2D eigenvalue weighted by atomic mass is 32.1. The SMILES string of the molecule is CCOC(=O)CNC(=O)C(c1ccc2ncccc2c1)N(C(=O)c1snc(C(N)=O)c1N)c1ccccc1C. The van der Waals surface area contributed by atoms with Crippen LogP contribution in [0.2, 0.25) is 0 Å². The van der Waals surface area contributed by atoms with E-state index in [1.54, 1.807) is 68.6 Å². The third-order valence-corrected chi connectivity index (χ3v) is 6.76. The summed E-state index contributed by atoms with van der Waals surface area (Å²) in [5.74, 6) is -2.81. The number of nitrogens with zero attached hydrogens (tertiary/aromatic N) is 3. The Morgan fingerprint density at radius 3 is 2.56 bits per heavy atom. The van der Waals surface area contributed by atoms with Crippen molar-refractivity contribution in [1.29, 1.82) is 0 Å². The Bertz CT molecular complexity index is 1570. The van der Waals surface area contributed by atoms with Gasteiger partial charge in [-0.25, -0.2) is 0 Å². The molecular weight excluding hydrogens is 520 g/mol. The number of primary amides is 1. The van der Waals surface area contributed by atoms with E-state index in [-0.39, 0.29) is 22.9 Å². The number of nitrogen functional groups attached to an aromatic ring is 1. The van der Waals surface area contributed by atoms with E-state index in [2.05, 4.69) is 14.7 Å². The molecule has 0 saturated heterocycles. The molecule has 3 amide bonds. The number of carbonyl (C=O) groups excluding carboxylic acids is 4. The normalized spacial score (nSPS) is 11.5. The fraction of sp³-hybridized carbons (Fsp3) is 0.185. The predicted octanol–water partition coefficient (Wildman–Crippen LogP) is 2.75. The number of pyridine rings is 1. The van der Waals surface area contributed by atoms with Gasteiger partial charge in [0.15, 0.2) is 5.69 Å². The van der Waals surface area contributed by atoms with E-state index >= 15 is 0 Å². The number of ether oxygens (including phenoxy) is 1. The Hall–Kier alpha value is -4.84. The number of aromatic nitrogens is 2. The smallest absolute Gasteiger partial charge is 0.325 e. The molecule has 4 rings (SSSR count). The van der Waals surface area contributed by atoms with E-state index in [4.69, 9.17) is 16.2 Å². The van der Waals surface area contributed by atoms with Gasteiger partial charge in [0.25, 0.3) is 11.8 Å². The van der Waals surface area contributed by atoms with Gasteiger partial charge in [-0.1, -0.05) is 30.3 Å². The van der Waals surface area contributed by atoms with Crippen molar-refractivity contribution in [2.24, 2.45) is 5.73 Å². The molecule has 0 spiro atoms. The van der Waals surface area contributed by atoms with Crippen molar-refractivity contribution < 1.29 is 23.9 Å². The maximum Gasteiger partial charge on any atom is 0.325 e. The van der Waals surface area contributed by atoms with Crippen LogP contribution < -0.4 is 21.7 Å². The highest BCUT2D eigenvalue weighted by molar-refractivity contribution is 7.09. The first-order chi connectivity index (χ1) is 18.7. The number of para-hydroxylation sites is 1. The van der Waals surface area contributed by atoms with Gasteiger partial charge in [-0.3, -0.25) is 29.1 Å². The van der Waals surface area contributed by atoms with Crippen molar-refractivity contribution in [3.8, 4) is 0 Å². The first-order valence-electron chi connectivity index (χ1n) is 11.9. The van der Waals surface area contributed by atoms with Crippen LogP contribution in [-0.4, -0.2) is 46.2 Å². The van der Waals surface area contributed by atoms with Gasteiger partial charge in [-0.2, -0.15) is 4.37 Å². The van der Waals surface area contributed by atoms with Crippen LogP contribution in [0, 0.1) is 6.92 Å². The van der Waals surface area contributed by atoms with Crippen LogP contribution in [0.1, 0.15) is 44.3 Å². The van der Waals surface area contributed by atoms with Crippen molar-refractivity contribution >= 4 is 57.5 Å². The average Bonchev–Trinajstić information content (AvgIpc) is 3.32. The highest BCUT2D eigenvalue weighted by Crippen LogP contribution is 2.35. The molecule has 4 aromatic rings. The topological polar surface area (TPSA) is 171 Å². The number of benzene rings is 2. The van der Waals surface area contributed by atoms with Crippen molar-refractivity contribution in [3.63, 3.8) is 0 Å². The summed E-state index contributed by atoms with van der Waals surface area (Å²) in [4.78, 5) is 57.3. The van der Waals surface area contributed by atoms with Gasteiger partial charge in [-0.15, -0.1) is 0 Å². The molecule has 11 nitrogen and oxygen atoms in total. The molecule has 0 saturated carbocycles. The zero-order chi connectivity index (χ0) is 28.1. The molecule has 200 valence electrons. The minimum atomic E-state index is -1.25. The Balaban J connectivity index is 1.90. The molecule has 5 N–H and O–H groups in total. The number of nitrogens with two attached hydrogens (primary N) is 2. The maximum absolute atomic E-state index is 14.2. The van der Waals surface area contributed by atoms with E-state index in [0.29, 0.717) is 33.9 Å². The van der Waals surface area contributed by atoms with Crippen LogP contribution in [0.5, 0.6) is 0 Å². The summed E-state index contributed by atoms with van der Waals surface area (Å²) < 4.78 is 8.91. The van der Waals surface area contributed by atoms with E-state index in [1.165, 1.54) is 4.90 Å². The molecule has 2 aromatic carbocycles. The Kier molecular flexibility index (Phi) is 8.15. The number of anilines is 2. The van der Waals surface area contributed by atoms with Crippen LogP contribution in [0.3, 0.4) is 0 Å². The lowest BCUT2D eigenvalue weighted by Gasteiger charge is -2.32. The highest BCUT2D eigenvalue weighted by Gasteiger charge is 2.37. The molecule has 0 aliphatic rings. The first-order valence-corrected chi connectivity index (χ1v) is 12.7. The fourth-order valence-electron chi connectivity index (χ4n) is 4.09. The van der Waals surface area contributed by atoms with Gasteiger partial charge in [-0.05, 0) is 60.8 Å². The molecule has 39 heavy (non-hydrogen) atoms. The number of hydrogen-bond acceptors (Lipinski definition) is 9. The lowest BCUT2D eigenvalue weighted by Crippen LogP contribution is -2.45. The summed E-state index contributed by atoms with van der Waals surface area (Å²) in [6.07, 6.45) is 1.65. The van der Waals surface area contributed by atoms with Gasteiger partial charge in [0.2, 0.25) is 5.91 Å². The standard InChI is InChI=1S/C27H26N6O5S/c1-3-38-20(34)14-31-26(36)23(17-10-11-18-16(13-17)8-6-12-30-18)33(19-9-5-4-7-15(19)2)27(37)24-21(28)22(25(29)35)32-39-24/h4-13,23H,3,14,28H2,1-2H3,(H2,29,35)(H,31,36). The lowest BCUT2D eigenvalue weighted by atomic mass is 9.99. The van der Waals surface area contributed by atoms with Crippen LogP contribution in [0.15, 0.2) is 60.8 Å². The minimum absolute atomic E-state index is 0.0577. The van der Waals surface area contributed by atoms with Gasteiger partial charge in [0.1, 0.15) is 17.5 Å². The van der Waals surface area contributed by atoms with Crippen molar-refractivity contribution in [3.05, 3.63) is 82.5 Å². The quantitative estimate of drug-likeness (QED) is 0.269. The lowest BCUT2D eigenvalue weighted by molar-refractivity contribution is -0.143. The summed E-state index contributed by atoms with van der Waals surface area (Å²) in [6, 6.07) is 14.5. The molecule has 0 bridgehead atoms. The number of aryl methyl sites for hydroxylation is 1. The molecule has 2 aromatic heterocycles. The average molecular weight is 547 g/mol. The fourth-order valence-corrected chi connectivity index (χ4v) is 4.83. The predicted molar refractivity (Wildman–Crippen MR) is 147 cm³/mol. The molecule has 0 radical (unpaired) electrons. The summed E-state index contributed by atoms with van der Waals surface area (Å²) in [7, 11) is 0. The maximum atomic E-state index is 14.2. The molecule has 0 fully saturated rings. The molecule has 2 heterocycles. The van der Waals surface area contributed by atoms with Gasteiger partial charge in [0.05, 0.1) is 17.8 Å². The van der Waals surface area contributed by atoms with Crippen LogP contribution >= 0.6 is 11.5 Å². The van der Waals surface area contributed by atoms with E-state index in [0.717, 1.165) is 5.39 Å². The second kappa shape index (κ2) is 11.7. The zero-order valence-electron chi connectivity index (χ0n) is 21.2. The van der Waals surface area contributed by atoms with Crippen molar-refractivity contribution in [1.82, 2.24) is 14.7 Å². The number of rotatable bonds is 9. The number of fused-ring (bicyclic) bond motifs is 1. The van der Waals surface area contributed by atoms with Crippen molar-refractivity contribution in [2.75, 3.05) is 23.8 Å². The second-order valence-electron chi connectivity index (χ2n) is 8.48. The van der Waals surface area contributed by atoms with E-state index in [9.17, 15) is 19.2 Å². The molecule has 0 aliphatic heterocycles. The summed E-state index contributed by atoms with van der Waals surface area (Å²) >= 11 is 0.710. The van der Waals surface area contributed by atoms with Gasteiger partial charge >= 0.3 is 5.97 Å². The minimum Gasteiger partial charge on any atom is -0.465 e. The summed E-state index contributed by atoms with van der Waals surface area (Å²) in [5, 5.41) is 3.33. The Labute approximate surface area is 227 Å². The van der Waals surface area contributed by atoms with E-state index in [1.807, 2.05) is 6.07 Å². The zero-order valence-corrected chi connectivity index (χ0v) is 22.0. The molecule has 1 unspecified atom stereocenters. The van der Waals surface area contributed by atoms with Crippen LogP contribution in [0.4, 0.5) is 11.4 Å². The molecular formula is C27H26N6O5S. The third-order valence-electron chi connectivity index (χ3n) is 5.91. The molecule has 12 heteroatoms. The molecule has 0 aliphatic carbocycles. The van der Waals surface area contributed by atoms with E-state index < -0.39 is 36.3 Å². The largest absolute Gasteiger partial charge is 0.465 e. The Morgan fingerprint density at radius 1 is 1.10 bits per heavy atom.